The van der Waals surface area contributed by atoms with Gasteiger partial charge in [0.05, 0.1) is 19.4 Å². The maximum Gasteiger partial charge on any atom is 0.308 e. The molecule has 6 nitrogen and oxygen atoms in total. The SMILES string of the molecule is COc1ccc(C(C)=O)cc1CC(=O)N(CC(C)C(=O)O)C1CC1. The average Bonchev–Trinajstić information content (AvgIpc) is 3.36. The molecule has 0 heterocycles. The monoisotopic (exact) mass is 333 g/mol. The van der Waals surface area contributed by atoms with Crippen LogP contribution in [0.4, 0.5) is 0 Å². The highest BCUT2D eigenvalue weighted by Crippen LogP contribution is 2.29. The van der Waals surface area contributed by atoms with Crippen LogP contribution in [0, 0.1) is 5.92 Å². The van der Waals surface area contributed by atoms with Gasteiger partial charge in [0.1, 0.15) is 5.75 Å². The Morgan fingerprint density at radius 2 is 2.00 bits per heavy atom. The molecule has 0 aromatic heterocycles. The van der Waals surface area contributed by atoms with E-state index in [1.807, 2.05) is 0 Å². The van der Waals surface area contributed by atoms with Gasteiger partial charge in [-0.3, -0.25) is 14.4 Å². The van der Waals surface area contributed by atoms with Crippen molar-refractivity contribution in [2.45, 2.75) is 39.2 Å². The molecule has 24 heavy (non-hydrogen) atoms. The highest BCUT2D eigenvalue weighted by atomic mass is 16.5. The average molecular weight is 333 g/mol. The van der Waals surface area contributed by atoms with Gasteiger partial charge < -0.3 is 14.7 Å². The Morgan fingerprint density at radius 3 is 2.50 bits per heavy atom. The molecule has 0 bridgehead atoms. The van der Waals surface area contributed by atoms with Crippen LogP contribution in [0.2, 0.25) is 0 Å². The van der Waals surface area contributed by atoms with Crippen LogP contribution in [0.15, 0.2) is 18.2 Å². The number of nitrogens with zero attached hydrogens (tertiary/aromatic N) is 1. The zero-order valence-corrected chi connectivity index (χ0v) is 14.2. The van der Waals surface area contributed by atoms with Crippen LogP contribution < -0.4 is 4.74 Å². The third kappa shape index (κ3) is 4.34. The fourth-order valence-electron chi connectivity index (χ4n) is 2.61. The first-order valence-electron chi connectivity index (χ1n) is 8.03. The second kappa shape index (κ2) is 7.47. The van der Waals surface area contributed by atoms with Crippen molar-refractivity contribution in [3.05, 3.63) is 29.3 Å². The molecular weight excluding hydrogens is 310 g/mol. The number of amides is 1. The van der Waals surface area contributed by atoms with Gasteiger partial charge in [-0.2, -0.15) is 0 Å². The molecule has 1 aliphatic rings. The molecule has 2 rings (SSSR count). The molecule has 130 valence electrons. The van der Waals surface area contributed by atoms with E-state index in [1.54, 1.807) is 30.0 Å². The number of carbonyl (C=O) groups excluding carboxylic acids is 2. The summed E-state index contributed by atoms with van der Waals surface area (Å²) >= 11 is 0. The number of methoxy groups -OCH3 is 1. The molecular formula is C18H23NO5. The Balaban J connectivity index is 2.18. The largest absolute Gasteiger partial charge is 0.496 e. The van der Waals surface area contributed by atoms with E-state index in [4.69, 9.17) is 9.84 Å². The highest BCUT2D eigenvalue weighted by molar-refractivity contribution is 5.94. The summed E-state index contributed by atoms with van der Waals surface area (Å²) in [5, 5.41) is 9.09. The van der Waals surface area contributed by atoms with E-state index in [2.05, 4.69) is 0 Å². The van der Waals surface area contributed by atoms with Gasteiger partial charge in [0.2, 0.25) is 5.91 Å². The van der Waals surface area contributed by atoms with Gasteiger partial charge in [-0.05, 0) is 38.0 Å². The number of carboxylic acid groups (broad SMARTS) is 1. The summed E-state index contributed by atoms with van der Waals surface area (Å²) in [6.45, 7) is 3.27. The van der Waals surface area contributed by atoms with Gasteiger partial charge in [-0.25, -0.2) is 0 Å². The van der Waals surface area contributed by atoms with Crippen LogP contribution in [0.1, 0.15) is 42.6 Å². The number of carboxylic acids is 1. The minimum atomic E-state index is -0.912. The van der Waals surface area contributed by atoms with Crippen LogP contribution >= 0.6 is 0 Å². The zero-order valence-electron chi connectivity index (χ0n) is 14.2. The van der Waals surface area contributed by atoms with E-state index in [1.165, 1.54) is 14.0 Å². The predicted molar refractivity (Wildman–Crippen MR) is 88.2 cm³/mol. The first-order valence-corrected chi connectivity index (χ1v) is 8.03. The first-order chi connectivity index (χ1) is 11.3. The van der Waals surface area contributed by atoms with Crippen molar-refractivity contribution in [1.29, 1.82) is 0 Å². The maximum atomic E-state index is 12.7. The van der Waals surface area contributed by atoms with Crippen molar-refractivity contribution >= 4 is 17.7 Å². The van der Waals surface area contributed by atoms with Gasteiger partial charge in [-0.1, -0.05) is 6.92 Å². The molecule has 1 unspecified atom stereocenters. The minimum Gasteiger partial charge on any atom is -0.496 e. The lowest BCUT2D eigenvalue weighted by Crippen LogP contribution is -2.39. The standard InChI is InChI=1S/C18H23NO5/c1-11(18(22)23)10-19(15-5-6-15)17(21)9-14-8-13(12(2)20)4-7-16(14)24-3/h4,7-8,11,15H,5-6,9-10H2,1-3H3,(H,22,23). The Hall–Kier alpha value is -2.37. The van der Waals surface area contributed by atoms with E-state index < -0.39 is 11.9 Å². The number of benzene rings is 1. The molecule has 1 N–H and O–H groups in total. The van der Waals surface area contributed by atoms with Crippen LogP contribution in [-0.2, 0) is 16.0 Å². The number of carbonyl (C=O) groups is 3. The summed E-state index contributed by atoms with van der Waals surface area (Å²) in [7, 11) is 1.52. The van der Waals surface area contributed by atoms with E-state index in [-0.39, 0.29) is 30.7 Å². The third-order valence-corrected chi connectivity index (χ3v) is 4.23. The molecule has 0 saturated heterocycles. The summed E-state index contributed by atoms with van der Waals surface area (Å²) in [5.74, 6) is -1.19. The van der Waals surface area contributed by atoms with E-state index in [0.29, 0.717) is 16.9 Å². The number of hydrogen-bond acceptors (Lipinski definition) is 4. The number of hydrogen-bond donors (Lipinski definition) is 1. The molecule has 0 aliphatic heterocycles. The number of rotatable bonds is 8. The molecule has 1 saturated carbocycles. The van der Waals surface area contributed by atoms with E-state index in [9.17, 15) is 14.4 Å². The van der Waals surface area contributed by atoms with Crippen molar-refractivity contribution < 1.29 is 24.2 Å². The smallest absolute Gasteiger partial charge is 0.308 e. The van der Waals surface area contributed by atoms with Crippen molar-refractivity contribution in [2.75, 3.05) is 13.7 Å². The second-order valence-electron chi connectivity index (χ2n) is 6.28. The van der Waals surface area contributed by atoms with E-state index in [0.717, 1.165) is 12.8 Å². The molecule has 1 amide bonds. The number of aliphatic carboxylic acids is 1. The van der Waals surface area contributed by atoms with Gasteiger partial charge in [0.25, 0.3) is 0 Å². The predicted octanol–water partition coefficient (Wildman–Crippen LogP) is 2.15. The zero-order chi connectivity index (χ0) is 17.9. The molecule has 0 spiro atoms. The first kappa shape index (κ1) is 18.0. The topological polar surface area (TPSA) is 83.9 Å². The van der Waals surface area contributed by atoms with Crippen molar-refractivity contribution in [3.8, 4) is 5.75 Å². The second-order valence-corrected chi connectivity index (χ2v) is 6.28. The van der Waals surface area contributed by atoms with Crippen molar-refractivity contribution in [2.24, 2.45) is 5.92 Å². The lowest BCUT2D eigenvalue weighted by atomic mass is 10.0. The summed E-state index contributed by atoms with van der Waals surface area (Å²) in [5.41, 5.74) is 1.17. The van der Waals surface area contributed by atoms with Gasteiger partial charge in [0.15, 0.2) is 5.78 Å². The van der Waals surface area contributed by atoms with Gasteiger partial charge >= 0.3 is 5.97 Å². The lowest BCUT2D eigenvalue weighted by Gasteiger charge is -2.25. The van der Waals surface area contributed by atoms with Crippen LogP contribution in [0.5, 0.6) is 5.75 Å². The van der Waals surface area contributed by atoms with E-state index >= 15 is 0 Å². The fourth-order valence-corrected chi connectivity index (χ4v) is 2.61. The number of ketones is 1. The normalized spacial score (nSPS) is 14.8. The molecule has 1 aromatic carbocycles. The van der Waals surface area contributed by atoms with Crippen LogP contribution in [0.3, 0.4) is 0 Å². The van der Waals surface area contributed by atoms with Crippen LogP contribution in [0.25, 0.3) is 0 Å². The van der Waals surface area contributed by atoms with Gasteiger partial charge in [-0.15, -0.1) is 0 Å². The highest BCUT2D eigenvalue weighted by Gasteiger charge is 2.34. The molecule has 6 heteroatoms. The summed E-state index contributed by atoms with van der Waals surface area (Å²) < 4.78 is 5.28. The number of Topliss-reactive ketones (excluding diaryl/α,β-unsaturated/α-hetero) is 1. The Morgan fingerprint density at radius 1 is 1.33 bits per heavy atom. The minimum absolute atomic E-state index is 0.0788. The van der Waals surface area contributed by atoms with Crippen LogP contribution in [-0.4, -0.2) is 47.4 Å². The molecule has 1 aromatic rings. The van der Waals surface area contributed by atoms with Crippen molar-refractivity contribution in [3.63, 3.8) is 0 Å². The fraction of sp³-hybridized carbons (Fsp3) is 0.500. The van der Waals surface area contributed by atoms with Gasteiger partial charge in [0, 0.05) is 23.7 Å². The maximum absolute atomic E-state index is 12.7. The quantitative estimate of drug-likeness (QED) is 0.737. The van der Waals surface area contributed by atoms with Crippen molar-refractivity contribution in [1.82, 2.24) is 4.90 Å². The Bertz CT molecular complexity index is 651. The Labute approximate surface area is 141 Å². The molecule has 1 fully saturated rings. The number of ether oxygens (including phenoxy) is 1. The summed E-state index contributed by atoms with van der Waals surface area (Å²) in [6.07, 6.45) is 1.90. The summed E-state index contributed by atoms with van der Waals surface area (Å²) in [6, 6.07) is 5.15. The third-order valence-electron chi connectivity index (χ3n) is 4.23. The molecule has 1 aliphatic carbocycles. The lowest BCUT2D eigenvalue weighted by molar-refractivity contribution is -0.143. The molecule has 1 atom stereocenters. The Kier molecular flexibility index (Phi) is 5.59. The molecule has 0 radical (unpaired) electrons. The summed E-state index contributed by atoms with van der Waals surface area (Å²) in [4.78, 5) is 37.0.